The second-order valence-corrected chi connectivity index (χ2v) is 8.62. The fourth-order valence-corrected chi connectivity index (χ4v) is 4.32. The highest BCUT2D eigenvalue weighted by Crippen LogP contribution is 2.52. The molecule has 2 N–H and O–H groups in total. The Morgan fingerprint density at radius 1 is 1.03 bits per heavy atom. The van der Waals surface area contributed by atoms with Crippen molar-refractivity contribution in [3.8, 4) is 28.4 Å². The maximum Gasteiger partial charge on any atom is 0.586 e. The number of fused-ring (bicyclic) bond motifs is 1. The number of methoxy groups -OCH3 is 1. The number of halogens is 2. The van der Waals surface area contributed by atoms with Gasteiger partial charge in [-0.05, 0) is 78.4 Å². The molecule has 1 aliphatic carbocycles. The molecule has 0 saturated heterocycles. The Kier molecular flexibility index (Phi) is 5.16. The normalized spacial score (nSPS) is 16.5. The van der Waals surface area contributed by atoms with Gasteiger partial charge in [0.15, 0.2) is 11.5 Å². The average Bonchev–Trinajstić information content (AvgIpc) is 3.56. The Morgan fingerprint density at radius 2 is 1.77 bits per heavy atom. The van der Waals surface area contributed by atoms with E-state index in [1.165, 1.54) is 25.3 Å². The van der Waals surface area contributed by atoms with Crippen LogP contribution in [0, 0.1) is 6.92 Å². The van der Waals surface area contributed by atoms with Gasteiger partial charge in [0.05, 0.1) is 12.5 Å². The van der Waals surface area contributed by atoms with Crippen LogP contribution in [0.15, 0.2) is 54.6 Å². The summed E-state index contributed by atoms with van der Waals surface area (Å²) in [5.41, 5.74) is 2.80. The van der Waals surface area contributed by atoms with Crippen LogP contribution in [0.4, 0.5) is 14.5 Å². The third kappa shape index (κ3) is 4.03. The molecule has 3 aromatic rings. The molecule has 0 atom stereocenters. The number of ether oxygens (including phenoxy) is 3. The van der Waals surface area contributed by atoms with Gasteiger partial charge < -0.3 is 24.6 Å². The van der Waals surface area contributed by atoms with Crippen LogP contribution in [-0.4, -0.2) is 30.4 Å². The summed E-state index contributed by atoms with van der Waals surface area (Å²) < 4.78 is 41.0. The largest absolute Gasteiger partial charge is 0.586 e. The van der Waals surface area contributed by atoms with Gasteiger partial charge in [0.2, 0.25) is 5.91 Å². The molecular weight excluding hydrogens is 460 g/mol. The van der Waals surface area contributed by atoms with Crippen LogP contribution in [0.5, 0.6) is 17.2 Å². The van der Waals surface area contributed by atoms with E-state index in [4.69, 9.17) is 4.74 Å². The van der Waals surface area contributed by atoms with Crippen molar-refractivity contribution < 1.29 is 39.1 Å². The van der Waals surface area contributed by atoms with Crippen molar-refractivity contribution >= 4 is 17.6 Å². The van der Waals surface area contributed by atoms with Gasteiger partial charge in [-0.3, -0.25) is 4.79 Å². The maximum absolute atomic E-state index is 13.4. The summed E-state index contributed by atoms with van der Waals surface area (Å²) in [5.74, 6) is -1.27. The SMILES string of the molecule is COc1cc(-c2cc(NC(=O)C3(c4ccc5c(c4)OC(F)(F)O5)CC3)ccc2C)ccc1C(=O)O.[HH]. The van der Waals surface area contributed by atoms with E-state index in [0.717, 1.165) is 16.7 Å². The number of benzene rings is 3. The number of hydrogen-bond donors (Lipinski definition) is 2. The summed E-state index contributed by atoms with van der Waals surface area (Å²) in [6.45, 7) is 1.91. The molecule has 1 fully saturated rings. The van der Waals surface area contributed by atoms with Crippen molar-refractivity contribution in [2.75, 3.05) is 12.4 Å². The summed E-state index contributed by atoms with van der Waals surface area (Å²) >= 11 is 0. The molecule has 1 amide bonds. The Balaban J connectivity index is 0.00000304. The van der Waals surface area contributed by atoms with Crippen LogP contribution < -0.4 is 19.5 Å². The Morgan fingerprint density at radius 3 is 2.46 bits per heavy atom. The lowest BCUT2D eigenvalue weighted by Gasteiger charge is -2.17. The van der Waals surface area contributed by atoms with Crippen LogP contribution >= 0.6 is 0 Å². The van der Waals surface area contributed by atoms with Gasteiger partial charge >= 0.3 is 12.3 Å². The lowest BCUT2D eigenvalue weighted by molar-refractivity contribution is -0.286. The Labute approximate surface area is 200 Å². The van der Waals surface area contributed by atoms with E-state index in [1.807, 2.05) is 13.0 Å². The highest BCUT2D eigenvalue weighted by molar-refractivity contribution is 6.02. The zero-order valence-electron chi connectivity index (χ0n) is 18.9. The number of carboxylic acids is 1. The molecule has 1 heterocycles. The van der Waals surface area contributed by atoms with Crippen molar-refractivity contribution in [1.82, 2.24) is 0 Å². The van der Waals surface area contributed by atoms with E-state index in [-0.39, 0.29) is 30.1 Å². The zero-order chi connectivity index (χ0) is 25.0. The van der Waals surface area contributed by atoms with Crippen LogP contribution in [-0.2, 0) is 10.2 Å². The second kappa shape index (κ2) is 7.97. The lowest BCUT2D eigenvalue weighted by atomic mass is 9.94. The number of carboxylic acid groups (broad SMARTS) is 1. The van der Waals surface area contributed by atoms with Crippen LogP contribution in [0.3, 0.4) is 0 Å². The maximum atomic E-state index is 13.4. The highest BCUT2D eigenvalue weighted by Gasteiger charge is 2.52. The molecule has 5 rings (SSSR count). The van der Waals surface area contributed by atoms with Crippen molar-refractivity contribution in [3.63, 3.8) is 0 Å². The lowest BCUT2D eigenvalue weighted by Crippen LogP contribution is -2.28. The second-order valence-electron chi connectivity index (χ2n) is 8.62. The van der Waals surface area contributed by atoms with Gasteiger partial charge in [0.25, 0.3) is 0 Å². The van der Waals surface area contributed by atoms with Gasteiger partial charge in [-0.25, -0.2) is 4.79 Å². The number of aromatic carboxylic acids is 1. The van der Waals surface area contributed by atoms with Gasteiger partial charge in [0.1, 0.15) is 11.3 Å². The Hall–Kier alpha value is -4.14. The molecule has 0 bridgehead atoms. The van der Waals surface area contributed by atoms with E-state index in [0.29, 0.717) is 24.1 Å². The summed E-state index contributed by atoms with van der Waals surface area (Å²) in [6, 6.07) is 14.7. The number of hydrogen-bond acceptors (Lipinski definition) is 5. The first-order chi connectivity index (χ1) is 16.6. The fourth-order valence-electron chi connectivity index (χ4n) is 4.32. The zero-order valence-corrected chi connectivity index (χ0v) is 18.9. The number of alkyl halides is 2. The van der Waals surface area contributed by atoms with Crippen molar-refractivity contribution in [1.29, 1.82) is 0 Å². The van der Waals surface area contributed by atoms with Gasteiger partial charge in [-0.1, -0.05) is 18.2 Å². The molecule has 0 radical (unpaired) electrons. The number of carbonyl (C=O) groups excluding carboxylic acids is 1. The summed E-state index contributed by atoms with van der Waals surface area (Å²) in [5, 5.41) is 12.3. The number of anilines is 1. The van der Waals surface area contributed by atoms with Crippen LogP contribution in [0.25, 0.3) is 11.1 Å². The number of rotatable bonds is 6. The molecule has 2 aliphatic rings. The van der Waals surface area contributed by atoms with E-state index >= 15 is 0 Å². The van der Waals surface area contributed by atoms with E-state index in [9.17, 15) is 23.5 Å². The summed E-state index contributed by atoms with van der Waals surface area (Å²) in [4.78, 5) is 24.7. The summed E-state index contributed by atoms with van der Waals surface area (Å²) in [7, 11) is 1.40. The highest BCUT2D eigenvalue weighted by atomic mass is 19.3. The monoisotopic (exact) mass is 483 g/mol. The minimum atomic E-state index is -3.72. The third-order valence-corrected chi connectivity index (χ3v) is 6.38. The standard InChI is InChI=1S/C26H21F2NO6.H2/c1-14-3-6-17(13-19(14)15-4-7-18(23(30)31)21(11-15)33-2)29-24(32)25(9-10-25)16-5-8-20-22(12-16)35-26(27,28)34-20;/h3-8,11-13H,9-10H2,1-2H3,(H,29,32)(H,30,31);1H. The first-order valence-corrected chi connectivity index (χ1v) is 10.9. The molecule has 9 heteroatoms. The van der Waals surface area contributed by atoms with E-state index in [2.05, 4.69) is 14.8 Å². The first-order valence-electron chi connectivity index (χ1n) is 10.9. The van der Waals surface area contributed by atoms with E-state index in [1.54, 1.807) is 30.3 Å². The molecule has 182 valence electrons. The third-order valence-electron chi connectivity index (χ3n) is 6.38. The predicted molar refractivity (Wildman–Crippen MR) is 124 cm³/mol. The number of carbonyl (C=O) groups is 2. The topological polar surface area (TPSA) is 94.1 Å². The van der Waals surface area contributed by atoms with Gasteiger partial charge in [-0.15, -0.1) is 8.78 Å². The Bertz CT molecular complexity index is 1370. The van der Waals surface area contributed by atoms with Gasteiger partial charge in [-0.2, -0.15) is 0 Å². The molecular formula is C26H23F2NO6. The minimum Gasteiger partial charge on any atom is -0.496 e. The number of nitrogens with one attached hydrogen (secondary N) is 1. The molecule has 35 heavy (non-hydrogen) atoms. The van der Waals surface area contributed by atoms with E-state index < -0.39 is 17.7 Å². The van der Waals surface area contributed by atoms with Crippen molar-refractivity contribution in [2.24, 2.45) is 0 Å². The number of aryl methyl sites for hydroxylation is 1. The predicted octanol–water partition coefficient (Wildman–Crippen LogP) is 5.61. The number of amides is 1. The molecule has 1 saturated carbocycles. The van der Waals surface area contributed by atoms with Crippen molar-refractivity contribution in [2.45, 2.75) is 31.5 Å². The van der Waals surface area contributed by atoms with Gasteiger partial charge in [0, 0.05) is 7.11 Å². The molecule has 0 unspecified atom stereocenters. The van der Waals surface area contributed by atoms with Crippen LogP contribution in [0.1, 0.15) is 35.8 Å². The quantitative estimate of drug-likeness (QED) is 0.474. The summed E-state index contributed by atoms with van der Waals surface area (Å²) in [6.07, 6.45) is -2.58. The molecule has 7 nitrogen and oxygen atoms in total. The average molecular weight is 483 g/mol. The molecule has 3 aromatic carbocycles. The molecule has 0 spiro atoms. The van der Waals surface area contributed by atoms with Crippen molar-refractivity contribution in [3.05, 3.63) is 71.3 Å². The first kappa shape index (κ1) is 22.6. The minimum absolute atomic E-state index is 0. The molecule has 0 aromatic heterocycles. The van der Waals surface area contributed by atoms with Crippen LogP contribution in [0.2, 0.25) is 0 Å². The fraction of sp³-hybridized carbons (Fsp3) is 0.231. The smallest absolute Gasteiger partial charge is 0.496 e. The molecule has 1 aliphatic heterocycles.